The first-order valence-corrected chi connectivity index (χ1v) is 36.6. The molecule has 0 unspecified atom stereocenters. The van der Waals surface area contributed by atoms with Gasteiger partial charge >= 0.3 is 18.2 Å². The summed E-state index contributed by atoms with van der Waals surface area (Å²) in [6, 6.07) is 16.4. The molecule has 1 aliphatic heterocycles. The van der Waals surface area contributed by atoms with Crippen LogP contribution in [-0.4, -0.2) is 137 Å². The molecule has 87 heavy (non-hydrogen) atoms. The van der Waals surface area contributed by atoms with E-state index in [1.165, 1.54) is 11.0 Å². The Hall–Kier alpha value is -6.23. The van der Waals surface area contributed by atoms with Crippen molar-refractivity contribution in [2.75, 3.05) is 26.3 Å². The Kier molecular flexibility index (Phi) is 23.8. The summed E-state index contributed by atoms with van der Waals surface area (Å²) < 4.78 is 43.8. The summed E-state index contributed by atoms with van der Waals surface area (Å²) in [6.45, 7) is 43.5. The van der Waals surface area contributed by atoms with Crippen molar-refractivity contribution in [3.63, 3.8) is 0 Å². The molecule has 0 aromatic heterocycles. The molecule has 1 heterocycles. The van der Waals surface area contributed by atoms with Crippen LogP contribution in [0, 0.1) is 0 Å². The molecule has 20 heteroatoms. The maximum Gasteiger partial charge on any atom is 0.410 e. The summed E-state index contributed by atoms with van der Waals surface area (Å²) in [5.41, 5.74) is 2.65. The summed E-state index contributed by atoms with van der Waals surface area (Å²) in [4.78, 5) is 87.7. The van der Waals surface area contributed by atoms with E-state index in [0.29, 0.717) is 29.9 Å². The van der Waals surface area contributed by atoms with Crippen LogP contribution in [0.2, 0.25) is 36.3 Å². The lowest BCUT2D eigenvalue weighted by Crippen LogP contribution is -2.61. The van der Waals surface area contributed by atoms with Gasteiger partial charge in [-0.3, -0.25) is 19.3 Å². The molecular formula is C67H103N5O13Si2. The predicted octanol–water partition coefficient (Wildman–Crippen LogP) is 12.3. The van der Waals surface area contributed by atoms with Crippen molar-refractivity contribution in [1.82, 2.24) is 26.2 Å². The lowest BCUT2D eigenvalue weighted by molar-refractivity contribution is -0.147. The van der Waals surface area contributed by atoms with Crippen molar-refractivity contribution < 1.29 is 61.3 Å². The standard InChI is InChI=1S/C67H103N5O13Si2/c1-22-37-79-60(76)51(33-27-28-36-68-61(77)83-65(9,10)11)69-57(73)52(38-44-34-35-54(84-86(18,19)66(12,13)14)55(39-44)85-87(20,21)67(15,16)17)70-59(75)56(43(2)81-63(3,4)5)71-58(74)53-40-45(82-64(6,7)8)41-72(53)62(78)80-42-50-48-31-25-23-29-46(48)47-30-24-26-32-49(47)50/h22-26,29-32,34-35,39,43,45,50-53,56H,1,27-28,33,36-38,40-42H2,2-21H3,(H,68,77)(H,69,73)(H,70,75)(H,71,74)/t43-,45-,51+,52+,53+,56+/m1/s1. The van der Waals surface area contributed by atoms with Crippen LogP contribution >= 0.6 is 0 Å². The van der Waals surface area contributed by atoms with Gasteiger partial charge in [-0.05, 0) is 165 Å². The molecule has 6 atom stereocenters. The molecule has 2 aliphatic rings. The number of rotatable bonds is 25. The Morgan fingerprint density at radius 2 is 1.24 bits per heavy atom. The highest BCUT2D eigenvalue weighted by molar-refractivity contribution is 6.75. The van der Waals surface area contributed by atoms with Crippen molar-refractivity contribution in [3.05, 3.63) is 96.1 Å². The number of nitrogens with one attached hydrogen (secondary N) is 4. The number of carbonyl (C=O) groups excluding carboxylic acids is 6. The van der Waals surface area contributed by atoms with E-state index in [1.807, 2.05) is 96.1 Å². The maximum absolute atomic E-state index is 15.4. The lowest BCUT2D eigenvalue weighted by Gasteiger charge is -2.40. The largest absolute Gasteiger partial charge is 0.541 e. The Labute approximate surface area is 520 Å². The average molecular weight is 1240 g/mol. The Morgan fingerprint density at radius 1 is 0.678 bits per heavy atom. The topological polar surface area (TPSA) is 218 Å². The zero-order chi connectivity index (χ0) is 65.3. The van der Waals surface area contributed by atoms with Gasteiger partial charge in [0.2, 0.25) is 17.7 Å². The summed E-state index contributed by atoms with van der Waals surface area (Å²) in [5, 5.41) is 11.2. The van der Waals surface area contributed by atoms with Crippen LogP contribution in [0.15, 0.2) is 79.4 Å². The first kappa shape index (κ1) is 71.5. The lowest BCUT2D eigenvalue weighted by atomic mass is 9.98. The highest BCUT2D eigenvalue weighted by Crippen LogP contribution is 2.46. The SMILES string of the molecule is C=CCOC(=O)[C@H](CCCCNC(=O)OC(C)(C)C)NC(=O)[C@H](Cc1ccc(O[Si](C)(C)C(C)(C)C)c(O[Si](C)(C)C(C)(C)C)c1)NC(=O)[C@@H](NC(=O)[C@@H]1C[C@@H](OC(C)(C)C)CN1C(=O)OCC1c2ccccc2-c2ccccc21)[C@@H](C)OC(C)(C)C. The third kappa shape index (κ3) is 20.7. The van der Waals surface area contributed by atoms with E-state index in [-0.39, 0.29) is 61.6 Å². The molecule has 0 bridgehead atoms. The van der Waals surface area contributed by atoms with Gasteiger partial charge in [0.25, 0.3) is 16.6 Å². The fourth-order valence-electron chi connectivity index (χ4n) is 9.93. The Bertz CT molecular complexity index is 2850. The zero-order valence-corrected chi connectivity index (χ0v) is 57.8. The van der Waals surface area contributed by atoms with Gasteiger partial charge in [-0.1, -0.05) is 109 Å². The van der Waals surface area contributed by atoms with E-state index in [1.54, 1.807) is 27.7 Å². The van der Waals surface area contributed by atoms with Crippen LogP contribution in [0.5, 0.6) is 11.5 Å². The summed E-state index contributed by atoms with van der Waals surface area (Å²) in [7, 11) is -4.95. The number of ether oxygens (including phenoxy) is 5. The fourth-order valence-corrected chi connectivity index (χ4v) is 12.0. The predicted molar refractivity (Wildman–Crippen MR) is 346 cm³/mol. The quantitative estimate of drug-likeness (QED) is 0.0204. The molecule has 5 amide bonds. The Morgan fingerprint density at radius 3 is 1.78 bits per heavy atom. The van der Waals surface area contributed by atoms with Crippen molar-refractivity contribution in [2.24, 2.45) is 0 Å². The summed E-state index contributed by atoms with van der Waals surface area (Å²) in [6.07, 6.45) is -0.562. The first-order chi connectivity index (χ1) is 40.1. The van der Waals surface area contributed by atoms with Gasteiger partial charge in [-0.2, -0.15) is 0 Å². The van der Waals surface area contributed by atoms with Gasteiger partial charge in [-0.25, -0.2) is 14.4 Å². The molecule has 1 fully saturated rings. The number of nitrogens with zero attached hydrogens (tertiary/aromatic N) is 1. The molecule has 4 N–H and O–H groups in total. The minimum absolute atomic E-state index is 0.0157. The molecule has 0 saturated carbocycles. The van der Waals surface area contributed by atoms with Crippen molar-refractivity contribution in [3.8, 4) is 22.6 Å². The molecule has 0 radical (unpaired) electrons. The number of amides is 5. The number of alkyl carbamates (subject to hydrolysis) is 1. The zero-order valence-electron chi connectivity index (χ0n) is 55.8. The molecule has 5 rings (SSSR count). The third-order valence-electron chi connectivity index (χ3n) is 16.2. The second kappa shape index (κ2) is 28.9. The van der Waals surface area contributed by atoms with E-state index >= 15 is 14.4 Å². The number of fused-ring (bicyclic) bond motifs is 3. The average Bonchev–Trinajstić information content (AvgIpc) is 1.81. The van der Waals surface area contributed by atoms with Crippen LogP contribution in [-0.2, 0) is 49.3 Å². The molecule has 3 aromatic carbocycles. The van der Waals surface area contributed by atoms with Crippen LogP contribution in [0.25, 0.3) is 11.1 Å². The molecule has 3 aromatic rings. The van der Waals surface area contributed by atoms with Gasteiger partial charge in [0.15, 0.2) is 0 Å². The van der Waals surface area contributed by atoms with E-state index in [2.05, 4.69) is 108 Å². The maximum atomic E-state index is 15.4. The fraction of sp³-hybridized carbons (Fsp3) is 0.612. The smallest absolute Gasteiger partial charge is 0.410 e. The van der Waals surface area contributed by atoms with Gasteiger partial charge in [-0.15, -0.1) is 0 Å². The van der Waals surface area contributed by atoms with Gasteiger partial charge in [0.1, 0.15) is 54.5 Å². The van der Waals surface area contributed by atoms with E-state index in [0.717, 1.165) is 22.3 Å². The van der Waals surface area contributed by atoms with Gasteiger partial charge in [0, 0.05) is 25.3 Å². The van der Waals surface area contributed by atoms with Gasteiger partial charge in [0.05, 0.1) is 30.0 Å². The number of hydrogen-bond donors (Lipinski definition) is 4. The molecular weight excluding hydrogens is 1140 g/mol. The second-order valence-electron chi connectivity index (χ2n) is 29.2. The molecule has 1 aliphatic carbocycles. The monoisotopic (exact) mass is 1240 g/mol. The third-order valence-corrected chi connectivity index (χ3v) is 24.9. The van der Waals surface area contributed by atoms with Crippen LogP contribution in [0.1, 0.15) is 159 Å². The van der Waals surface area contributed by atoms with E-state index < -0.39 is 106 Å². The van der Waals surface area contributed by atoms with Crippen molar-refractivity contribution in [2.45, 2.75) is 238 Å². The molecule has 18 nitrogen and oxygen atoms in total. The number of likely N-dealkylation sites (tertiary alicyclic amines) is 1. The van der Waals surface area contributed by atoms with E-state index in [9.17, 15) is 14.4 Å². The number of carbonyl (C=O) groups is 6. The number of benzene rings is 3. The second-order valence-corrected chi connectivity index (χ2v) is 38.6. The molecule has 0 spiro atoms. The highest BCUT2D eigenvalue weighted by Gasteiger charge is 2.46. The van der Waals surface area contributed by atoms with Crippen LogP contribution < -0.4 is 30.1 Å². The highest BCUT2D eigenvalue weighted by atomic mass is 28.4. The van der Waals surface area contributed by atoms with Crippen LogP contribution in [0.4, 0.5) is 9.59 Å². The molecule has 482 valence electrons. The van der Waals surface area contributed by atoms with E-state index in [4.69, 9.17) is 32.5 Å². The number of hydrogen-bond acceptors (Lipinski definition) is 13. The first-order valence-electron chi connectivity index (χ1n) is 30.7. The minimum Gasteiger partial charge on any atom is -0.541 e. The number of esters is 1. The van der Waals surface area contributed by atoms with Crippen molar-refractivity contribution in [1.29, 1.82) is 0 Å². The van der Waals surface area contributed by atoms with Crippen molar-refractivity contribution >= 4 is 52.5 Å². The molecule has 1 saturated heterocycles. The van der Waals surface area contributed by atoms with Crippen LogP contribution in [0.3, 0.4) is 0 Å². The summed E-state index contributed by atoms with van der Waals surface area (Å²) >= 11 is 0. The van der Waals surface area contributed by atoms with Gasteiger partial charge < -0.3 is 53.8 Å². The number of unbranched alkanes of at least 4 members (excludes halogenated alkanes) is 1. The normalized spacial score (nSPS) is 17.1. The minimum atomic E-state index is -2.53. The Balaban J connectivity index is 1.53. The summed E-state index contributed by atoms with van der Waals surface area (Å²) in [5.74, 6) is -2.06.